The lowest BCUT2D eigenvalue weighted by Crippen LogP contribution is -2.49. The van der Waals surface area contributed by atoms with Crippen LogP contribution in [-0.2, 0) is 4.79 Å². The molecule has 0 saturated heterocycles. The SMILES string of the molecule is O=C(COc1ccc(Br)cc1Cl)NC(=S)NNC(=O)c1ccccc1Cl. The lowest BCUT2D eigenvalue weighted by molar-refractivity contribution is -0.121. The number of nitrogens with one attached hydrogen (secondary N) is 3. The van der Waals surface area contributed by atoms with E-state index in [0.717, 1.165) is 4.47 Å². The van der Waals surface area contributed by atoms with Crippen LogP contribution < -0.4 is 20.9 Å². The average molecular weight is 477 g/mol. The number of hydrogen-bond donors (Lipinski definition) is 3. The molecule has 3 N–H and O–H groups in total. The van der Waals surface area contributed by atoms with Gasteiger partial charge >= 0.3 is 0 Å². The first-order valence-electron chi connectivity index (χ1n) is 7.09. The summed E-state index contributed by atoms with van der Waals surface area (Å²) in [6.07, 6.45) is 0. The minimum Gasteiger partial charge on any atom is -0.482 e. The van der Waals surface area contributed by atoms with Crippen molar-refractivity contribution >= 4 is 68.3 Å². The van der Waals surface area contributed by atoms with E-state index < -0.39 is 11.8 Å². The third-order valence-electron chi connectivity index (χ3n) is 2.91. The van der Waals surface area contributed by atoms with Gasteiger partial charge in [0.1, 0.15) is 5.75 Å². The molecule has 6 nitrogen and oxygen atoms in total. The molecule has 0 radical (unpaired) electrons. The Bertz CT molecular complexity index is 851. The first-order chi connectivity index (χ1) is 12.4. The van der Waals surface area contributed by atoms with Crippen molar-refractivity contribution in [1.82, 2.24) is 16.2 Å². The zero-order valence-corrected chi connectivity index (χ0v) is 16.9. The molecule has 0 atom stereocenters. The Kier molecular flexibility index (Phi) is 7.65. The maximum atomic E-state index is 12.0. The maximum absolute atomic E-state index is 12.0. The molecule has 0 aliphatic heterocycles. The van der Waals surface area contributed by atoms with E-state index in [0.29, 0.717) is 15.8 Å². The van der Waals surface area contributed by atoms with E-state index in [4.69, 9.17) is 40.2 Å². The summed E-state index contributed by atoms with van der Waals surface area (Å²) in [6.45, 7) is -0.304. The van der Waals surface area contributed by atoms with Crippen LogP contribution in [0.3, 0.4) is 0 Å². The molecular weight excluding hydrogens is 465 g/mol. The van der Waals surface area contributed by atoms with Crippen molar-refractivity contribution in [2.75, 3.05) is 6.61 Å². The molecule has 0 heterocycles. The van der Waals surface area contributed by atoms with E-state index in [-0.39, 0.29) is 17.3 Å². The van der Waals surface area contributed by atoms with Gasteiger partial charge in [-0.25, -0.2) is 0 Å². The number of carbonyl (C=O) groups is 2. The van der Waals surface area contributed by atoms with Gasteiger partial charge < -0.3 is 4.74 Å². The van der Waals surface area contributed by atoms with Gasteiger partial charge in [-0.3, -0.25) is 25.8 Å². The molecule has 0 saturated carbocycles. The summed E-state index contributed by atoms with van der Waals surface area (Å²) < 4.78 is 6.10. The third kappa shape index (κ3) is 6.14. The van der Waals surface area contributed by atoms with Crippen molar-refractivity contribution in [3.63, 3.8) is 0 Å². The van der Waals surface area contributed by atoms with Crippen LogP contribution in [0.15, 0.2) is 46.9 Å². The average Bonchev–Trinajstić information content (AvgIpc) is 2.59. The lowest BCUT2D eigenvalue weighted by atomic mass is 10.2. The summed E-state index contributed by atoms with van der Waals surface area (Å²) in [5, 5.41) is 2.92. The predicted molar refractivity (Wildman–Crippen MR) is 107 cm³/mol. The van der Waals surface area contributed by atoms with E-state index in [9.17, 15) is 9.59 Å². The molecule has 2 aromatic carbocycles. The van der Waals surface area contributed by atoms with Gasteiger partial charge in [0.25, 0.3) is 11.8 Å². The second kappa shape index (κ2) is 9.72. The zero-order valence-electron chi connectivity index (χ0n) is 13.0. The fourth-order valence-electron chi connectivity index (χ4n) is 1.76. The fourth-order valence-corrected chi connectivity index (χ4v) is 2.87. The number of ether oxygens (including phenoxy) is 1. The van der Waals surface area contributed by atoms with Crippen LogP contribution in [0.5, 0.6) is 5.75 Å². The molecule has 0 fully saturated rings. The minimum absolute atomic E-state index is 0.0964. The van der Waals surface area contributed by atoms with Crippen LogP contribution in [0.25, 0.3) is 0 Å². The van der Waals surface area contributed by atoms with E-state index >= 15 is 0 Å². The number of benzene rings is 2. The first kappa shape index (κ1) is 20.4. The van der Waals surface area contributed by atoms with Crippen LogP contribution in [0.1, 0.15) is 10.4 Å². The summed E-state index contributed by atoms with van der Waals surface area (Å²) >= 11 is 20.1. The van der Waals surface area contributed by atoms with Gasteiger partial charge in [0, 0.05) is 4.47 Å². The van der Waals surface area contributed by atoms with Crippen molar-refractivity contribution in [3.05, 3.63) is 62.5 Å². The molecule has 0 spiro atoms. The molecule has 26 heavy (non-hydrogen) atoms. The van der Waals surface area contributed by atoms with Crippen LogP contribution in [0.4, 0.5) is 0 Å². The summed E-state index contributed by atoms with van der Waals surface area (Å²) in [7, 11) is 0. The summed E-state index contributed by atoms with van der Waals surface area (Å²) in [6, 6.07) is 11.5. The highest BCUT2D eigenvalue weighted by Crippen LogP contribution is 2.27. The minimum atomic E-state index is -0.520. The molecule has 0 aliphatic rings. The number of thiocarbonyl (C=S) groups is 1. The van der Waals surface area contributed by atoms with E-state index in [1.54, 1.807) is 42.5 Å². The molecule has 0 aromatic heterocycles. The van der Waals surface area contributed by atoms with Gasteiger partial charge in [0.05, 0.1) is 15.6 Å². The van der Waals surface area contributed by atoms with Crippen LogP contribution in [0, 0.1) is 0 Å². The van der Waals surface area contributed by atoms with Gasteiger partial charge in [-0.15, -0.1) is 0 Å². The third-order valence-corrected chi connectivity index (χ3v) is 4.24. The molecule has 0 unspecified atom stereocenters. The molecule has 0 bridgehead atoms. The summed E-state index contributed by atoms with van der Waals surface area (Å²) in [4.78, 5) is 23.8. The monoisotopic (exact) mass is 475 g/mol. The fraction of sp³-hybridized carbons (Fsp3) is 0.0625. The second-order valence-electron chi connectivity index (χ2n) is 4.80. The van der Waals surface area contributed by atoms with E-state index in [2.05, 4.69) is 32.1 Å². The van der Waals surface area contributed by atoms with Gasteiger partial charge in [-0.2, -0.15) is 0 Å². The van der Waals surface area contributed by atoms with Gasteiger partial charge in [0.2, 0.25) is 0 Å². The standard InChI is InChI=1S/C16H12BrCl2N3O3S/c17-9-5-6-13(12(19)7-9)25-8-14(23)20-16(26)22-21-15(24)10-3-1-2-4-11(10)18/h1-7H,8H2,(H,21,24)(H2,20,22,23,26). The molecule has 2 amide bonds. The van der Waals surface area contributed by atoms with Crippen LogP contribution in [0.2, 0.25) is 10.0 Å². The van der Waals surface area contributed by atoms with Gasteiger partial charge in [-0.1, -0.05) is 51.3 Å². The maximum Gasteiger partial charge on any atom is 0.271 e. The normalized spacial score (nSPS) is 9.96. The predicted octanol–water partition coefficient (Wildman–Crippen LogP) is 3.47. The van der Waals surface area contributed by atoms with E-state index in [1.165, 1.54) is 0 Å². The van der Waals surface area contributed by atoms with Crippen molar-refractivity contribution in [2.45, 2.75) is 0 Å². The number of hydrogen-bond acceptors (Lipinski definition) is 4. The Morgan fingerprint density at radius 1 is 1.08 bits per heavy atom. The number of rotatable bonds is 4. The number of amides is 2. The van der Waals surface area contributed by atoms with E-state index in [1.807, 2.05) is 0 Å². The Hall–Kier alpha value is -1.87. The van der Waals surface area contributed by atoms with Crippen molar-refractivity contribution in [2.24, 2.45) is 0 Å². The van der Waals surface area contributed by atoms with Gasteiger partial charge in [0.15, 0.2) is 11.7 Å². The molecule has 10 heteroatoms. The Morgan fingerprint density at radius 2 is 1.81 bits per heavy atom. The molecule has 2 aromatic rings. The van der Waals surface area contributed by atoms with Crippen molar-refractivity contribution < 1.29 is 14.3 Å². The smallest absolute Gasteiger partial charge is 0.271 e. The highest BCUT2D eigenvalue weighted by Gasteiger charge is 2.11. The zero-order chi connectivity index (χ0) is 19.1. The first-order valence-corrected chi connectivity index (χ1v) is 9.05. The van der Waals surface area contributed by atoms with Crippen molar-refractivity contribution in [3.8, 4) is 5.75 Å². The summed E-state index contributed by atoms with van der Waals surface area (Å²) in [5.74, 6) is -0.658. The topological polar surface area (TPSA) is 79.5 Å². The van der Waals surface area contributed by atoms with Crippen LogP contribution in [-0.4, -0.2) is 23.5 Å². The molecular formula is C16H12BrCl2N3O3S. The van der Waals surface area contributed by atoms with Crippen molar-refractivity contribution in [1.29, 1.82) is 0 Å². The molecule has 2 rings (SSSR count). The summed E-state index contributed by atoms with van der Waals surface area (Å²) in [5.41, 5.74) is 5.01. The number of hydrazine groups is 1. The highest BCUT2D eigenvalue weighted by molar-refractivity contribution is 9.10. The van der Waals surface area contributed by atoms with Crippen LogP contribution >= 0.6 is 51.3 Å². The quantitative estimate of drug-likeness (QED) is 0.465. The Morgan fingerprint density at radius 3 is 2.50 bits per heavy atom. The second-order valence-corrected chi connectivity index (χ2v) is 6.94. The Balaban J connectivity index is 1.77. The highest BCUT2D eigenvalue weighted by atomic mass is 79.9. The lowest BCUT2D eigenvalue weighted by Gasteiger charge is -2.12. The molecule has 0 aliphatic carbocycles. The Labute approximate surface area is 173 Å². The molecule has 136 valence electrons. The van der Waals surface area contributed by atoms with Gasteiger partial charge in [-0.05, 0) is 42.5 Å². The number of halogens is 3. The number of carbonyl (C=O) groups excluding carboxylic acids is 2. The largest absolute Gasteiger partial charge is 0.482 e.